The van der Waals surface area contributed by atoms with Crippen LogP contribution in [0.2, 0.25) is 0 Å². The molecule has 0 aliphatic heterocycles. The van der Waals surface area contributed by atoms with Gasteiger partial charge in [-0.05, 0) is 22.4 Å². The van der Waals surface area contributed by atoms with Crippen LogP contribution in [0.5, 0.6) is 0 Å². The molecule has 3 nitrogen and oxygen atoms in total. The molecule has 98 valence electrons. The quantitative estimate of drug-likeness (QED) is 0.852. The number of rotatable bonds is 4. The Kier molecular flexibility index (Phi) is 4.31. The van der Waals surface area contributed by atoms with Crippen molar-refractivity contribution in [3.8, 4) is 0 Å². The fraction of sp³-hybridized carbons (Fsp3) is 0.188. The molecule has 2 aromatic carbocycles. The van der Waals surface area contributed by atoms with Gasteiger partial charge in [0.25, 0.3) is 0 Å². The molecule has 19 heavy (non-hydrogen) atoms. The minimum atomic E-state index is -0.109. The van der Waals surface area contributed by atoms with Crippen LogP contribution in [0, 0.1) is 0 Å². The number of aliphatic hydroxyl groups excluding tert-OH is 1. The fourth-order valence-electron chi connectivity index (χ4n) is 1.94. The second kappa shape index (κ2) is 6.16. The first-order chi connectivity index (χ1) is 9.22. The van der Waals surface area contributed by atoms with Crippen LogP contribution in [-0.4, -0.2) is 36.1 Å². The number of hydrogen-bond acceptors (Lipinski definition) is 2. The van der Waals surface area contributed by atoms with Crippen LogP contribution in [0.15, 0.2) is 48.5 Å². The second-order valence-electron chi connectivity index (χ2n) is 4.39. The predicted octanol–water partition coefficient (Wildman–Crippen LogP) is 2.30. The highest BCUT2D eigenvalue weighted by Crippen LogP contribution is 2.19. The molecule has 0 heterocycles. The molecule has 0 fully saturated rings. The molecule has 0 saturated heterocycles. The highest BCUT2D eigenvalue weighted by atomic mass is 16.3. The van der Waals surface area contributed by atoms with Crippen molar-refractivity contribution in [1.29, 1.82) is 0 Å². The van der Waals surface area contributed by atoms with E-state index in [1.165, 1.54) is 11.0 Å². The van der Waals surface area contributed by atoms with Crippen molar-refractivity contribution in [3.05, 3.63) is 54.1 Å². The second-order valence-corrected chi connectivity index (χ2v) is 4.39. The summed E-state index contributed by atoms with van der Waals surface area (Å²) >= 11 is 0. The lowest BCUT2D eigenvalue weighted by molar-refractivity contribution is -0.125. The third-order valence-electron chi connectivity index (χ3n) is 3.04. The van der Waals surface area contributed by atoms with Gasteiger partial charge in [0.1, 0.15) is 0 Å². The molecular weight excluding hydrogens is 238 g/mol. The summed E-state index contributed by atoms with van der Waals surface area (Å²) in [7, 11) is 1.67. The Morgan fingerprint density at radius 3 is 2.74 bits per heavy atom. The number of carbonyl (C=O) groups is 1. The highest BCUT2D eigenvalue weighted by Gasteiger charge is 2.03. The Hall–Kier alpha value is -2.13. The molecule has 1 N–H and O–H groups in total. The number of hydrogen-bond donors (Lipinski definition) is 1. The van der Waals surface area contributed by atoms with Gasteiger partial charge >= 0.3 is 0 Å². The highest BCUT2D eigenvalue weighted by molar-refractivity contribution is 5.96. The van der Waals surface area contributed by atoms with Crippen molar-refractivity contribution in [2.75, 3.05) is 20.2 Å². The van der Waals surface area contributed by atoms with Crippen LogP contribution < -0.4 is 0 Å². The number of fused-ring (bicyclic) bond motifs is 1. The molecule has 1 amide bonds. The number of amides is 1. The van der Waals surface area contributed by atoms with Gasteiger partial charge in [-0.1, -0.05) is 42.5 Å². The molecule has 0 bridgehead atoms. The zero-order valence-electron chi connectivity index (χ0n) is 10.9. The van der Waals surface area contributed by atoms with Crippen LogP contribution in [-0.2, 0) is 4.79 Å². The van der Waals surface area contributed by atoms with Gasteiger partial charge in [-0.2, -0.15) is 0 Å². The van der Waals surface area contributed by atoms with Gasteiger partial charge in [0, 0.05) is 19.7 Å². The SMILES string of the molecule is CN(CCO)C(=O)/C=C/c1cccc2ccccc12. The van der Waals surface area contributed by atoms with E-state index in [1.54, 1.807) is 7.05 Å². The minimum Gasteiger partial charge on any atom is -0.395 e. The van der Waals surface area contributed by atoms with Gasteiger partial charge in [0.05, 0.1) is 6.61 Å². The van der Waals surface area contributed by atoms with Crippen LogP contribution >= 0.6 is 0 Å². The zero-order chi connectivity index (χ0) is 13.7. The Balaban J connectivity index is 2.24. The molecule has 0 spiro atoms. The average Bonchev–Trinajstić information content (AvgIpc) is 2.45. The van der Waals surface area contributed by atoms with Gasteiger partial charge in [-0.15, -0.1) is 0 Å². The lowest BCUT2D eigenvalue weighted by atomic mass is 10.0. The number of carbonyl (C=O) groups excluding carboxylic acids is 1. The first kappa shape index (κ1) is 13.3. The molecule has 0 unspecified atom stereocenters. The summed E-state index contributed by atoms with van der Waals surface area (Å²) < 4.78 is 0. The van der Waals surface area contributed by atoms with E-state index in [4.69, 9.17) is 5.11 Å². The van der Waals surface area contributed by atoms with Crippen molar-refractivity contribution < 1.29 is 9.90 Å². The lowest BCUT2D eigenvalue weighted by Crippen LogP contribution is -2.27. The van der Waals surface area contributed by atoms with Gasteiger partial charge in [0.15, 0.2) is 0 Å². The molecule has 2 rings (SSSR count). The molecule has 0 atom stereocenters. The third-order valence-corrected chi connectivity index (χ3v) is 3.04. The third kappa shape index (κ3) is 3.20. The molecule has 0 aromatic heterocycles. The van der Waals surface area contributed by atoms with Crippen molar-refractivity contribution in [2.45, 2.75) is 0 Å². The Morgan fingerprint density at radius 2 is 1.95 bits per heavy atom. The molecular formula is C16H17NO2. The summed E-state index contributed by atoms with van der Waals surface area (Å²) in [5.74, 6) is -0.109. The first-order valence-corrected chi connectivity index (χ1v) is 6.24. The number of nitrogens with zero attached hydrogens (tertiary/aromatic N) is 1. The topological polar surface area (TPSA) is 40.5 Å². The zero-order valence-corrected chi connectivity index (χ0v) is 10.9. The fourth-order valence-corrected chi connectivity index (χ4v) is 1.94. The Labute approximate surface area is 112 Å². The van der Waals surface area contributed by atoms with Gasteiger partial charge in [0.2, 0.25) is 5.91 Å². The number of aliphatic hydroxyl groups is 1. The van der Waals surface area contributed by atoms with Crippen LogP contribution in [0.3, 0.4) is 0 Å². The van der Waals surface area contributed by atoms with Gasteiger partial charge in [-0.25, -0.2) is 0 Å². The van der Waals surface area contributed by atoms with Crippen molar-refractivity contribution in [2.24, 2.45) is 0 Å². The minimum absolute atomic E-state index is 0.0235. The number of likely N-dealkylation sites (N-methyl/N-ethyl adjacent to an activating group) is 1. The normalized spacial score (nSPS) is 11.1. The molecule has 0 aliphatic carbocycles. The first-order valence-electron chi connectivity index (χ1n) is 6.24. The Bertz CT molecular complexity index is 599. The summed E-state index contributed by atoms with van der Waals surface area (Å²) in [5.41, 5.74) is 1.02. The summed E-state index contributed by atoms with van der Waals surface area (Å²) in [6.45, 7) is 0.322. The van der Waals surface area contributed by atoms with Gasteiger partial charge < -0.3 is 10.0 Å². The van der Waals surface area contributed by atoms with E-state index in [1.807, 2.05) is 48.5 Å². The molecule has 0 radical (unpaired) electrons. The maximum Gasteiger partial charge on any atom is 0.246 e. The van der Waals surface area contributed by atoms with E-state index in [-0.39, 0.29) is 12.5 Å². The molecule has 3 heteroatoms. The van der Waals surface area contributed by atoms with Crippen molar-refractivity contribution >= 4 is 22.8 Å². The van der Waals surface area contributed by atoms with E-state index < -0.39 is 0 Å². The van der Waals surface area contributed by atoms with Crippen molar-refractivity contribution in [3.63, 3.8) is 0 Å². The van der Waals surface area contributed by atoms with Crippen LogP contribution in [0.1, 0.15) is 5.56 Å². The van der Waals surface area contributed by atoms with E-state index in [9.17, 15) is 4.79 Å². The van der Waals surface area contributed by atoms with E-state index in [2.05, 4.69) is 0 Å². The smallest absolute Gasteiger partial charge is 0.246 e. The van der Waals surface area contributed by atoms with E-state index in [0.29, 0.717) is 6.54 Å². The maximum atomic E-state index is 11.8. The largest absolute Gasteiger partial charge is 0.395 e. The van der Waals surface area contributed by atoms with Crippen LogP contribution in [0.25, 0.3) is 16.8 Å². The molecule has 2 aromatic rings. The van der Waals surface area contributed by atoms with Crippen molar-refractivity contribution in [1.82, 2.24) is 4.90 Å². The average molecular weight is 255 g/mol. The molecule has 0 aliphatic rings. The Morgan fingerprint density at radius 1 is 1.21 bits per heavy atom. The van der Waals surface area contributed by atoms with E-state index >= 15 is 0 Å². The van der Waals surface area contributed by atoms with Crippen LogP contribution in [0.4, 0.5) is 0 Å². The number of benzene rings is 2. The van der Waals surface area contributed by atoms with E-state index in [0.717, 1.165) is 16.3 Å². The standard InChI is InChI=1S/C16H17NO2/c1-17(11-12-18)16(19)10-9-14-7-4-6-13-5-2-3-8-15(13)14/h2-10,18H,11-12H2,1H3/b10-9+. The lowest BCUT2D eigenvalue weighted by Gasteiger charge is -2.12. The van der Waals surface area contributed by atoms with Gasteiger partial charge in [-0.3, -0.25) is 4.79 Å². The summed E-state index contributed by atoms with van der Waals surface area (Å²) in [6.07, 6.45) is 3.36. The molecule has 0 saturated carbocycles. The summed E-state index contributed by atoms with van der Waals surface area (Å²) in [5, 5.41) is 11.1. The monoisotopic (exact) mass is 255 g/mol. The predicted molar refractivity (Wildman–Crippen MR) is 77.7 cm³/mol. The summed E-state index contributed by atoms with van der Waals surface area (Å²) in [6, 6.07) is 14.1. The summed E-state index contributed by atoms with van der Waals surface area (Å²) in [4.78, 5) is 13.3. The maximum absolute atomic E-state index is 11.8.